The van der Waals surface area contributed by atoms with Gasteiger partial charge in [-0.05, 0) is 68.8 Å². The van der Waals surface area contributed by atoms with Crippen molar-refractivity contribution in [1.82, 2.24) is 5.32 Å². The number of hydrogen-bond acceptors (Lipinski definition) is 4. The molecule has 0 bridgehead atoms. The Labute approximate surface area is 173 Å². The molecule has 4 nitrogen and oxygen atoms in total. The second-order valence-corrected chi connectivity index (χ2v) is 8.02. The molecule has 29 heavy (non-hydrogen) atoms. The molecule has 150 valence electrons. The minimum atomic E-state index is -0.482. The molecular weight excluding hydrogens is 360 g/mol. The predicted octanol–water partition coefficient (Wildman–Crippen LogP) is 3.85. The van der Waals surface area contributed by atoms with E-state index in [1.807, 2.05) is 45.0 Å². The van der Waals surface area contributed by atoms with Crippen molar-refractivity contribution in [3.05, 3.63) is 71.3 Å². The molecule has 0 unspecified atom stereocenters. The lowest BCUT2D eigenvalue weighted by Crippen LogP contribution is -2.43. The molecule has 1 aliphatic heterocycles. The van der Waals surface area contributed by atoms with Crippen molar-refractivity contribution in [1.29, 1.82) is 0 Å². The van der Waals surface area contributed by atoms with E-state index in [0.29, 0.717) is 0 Å². The largest absolute Gasteiger partial charge is 0.457 e. The number of benzene rings is 2. The van der Waals surface area contributed by atoms with E-state index in [2.05, 4.69) is 46.3 Å². The number of carbonyl (C=O) groups is 1. The molecule has 2 aromatic carbocycles. The zero-order valence-corrected chi connectivity index (χ0v) is 17.4. The summed E-state index contributed by atoms with van der Waals surface area (Å²) in [5.41, 5.74) is 3.63. The van der Waals surface area contributed by atoms with Gasteiger partial charge in [0.1, 0.15) is 5.60 Å². The summed E-state index contributed by atoms with van der Waals surface area (Å²) >= 11 is 0. The summed E-state index contributed by atoms with van der Waals surface area (Å²) in [7, 11) is 0. The van der Waals surface area contributed by atoms with Gasteiger partial charge in [0.05, 0.1) is 0 Å². The van der Waals surface area contributed by atoms with Crippen LogP contribution in [-0.4, -0.2) is 37.7 Å². The first-order valence-electron chi connectivity index (χ1n) is 9.98. The maximum atomic E-state index is 11.7. The van der Waals surface area contributed by atoms with Crippen molar-refractivity contribution in [3.8, 4) is 11.8 Å². The highest BCUT2D eigenvalue weighted by Gasteiger charge is 2.13. The van der Waals surface area contributed by atoms with E-state index in [1.54, 1.807) is 6.08 Å². The van der Waals surface area contributed by atoms with Crippen LogP contribution in [0, 0.1) is 11.8 Å². The second kappa shape index (κ2) is 9.45. The van der Waals surface area contributed by atoms with Crippen molar-refractivity contribution in [2.75, 3.05) is 31.1 Å². The molecule has 0 aromatic heterocycles. The van der Waals surface area contributed by atoms with E-state index in [0.717, 1.165) is 42.9 Å². The molecule has 0 radical (unpaired) electrons. The molecule has 1 saturated heterocycles. The number of esters is 1. The summed E-state index contributed by atoms with van der Waals surface area (Å²) in [4.78, 5) is 14.1. The van der Waals surface area contributed by atoms with Crippen LogP contribution in [0.15, 0.2) is 54.6 Å². The van der Waals surface area contributed by atoms with Crippen molar-refractivity contribution in [3.63, 3.8) is 0 Å². The van der Waals surface area contributed by atoms with Crippen molar-refractivity contribution in [2.45, 2.75) is 26.4 Å². The fourth-order valence-electron chi connectivity index (χ4n) is 3.00. The summed E-state index contributed by atoms with van der Waals surface area (Å²) in [5, 5.41) is 3.37. The van der Waals surface area contributed by atoms with Crippen molar-refractivity contribution < 1.29 is 9.53 Å². The summed E-state index contributed by atoms with van der Waals surface area (Å²) in [6, 6.07) is 16.2. The standard InChI is InChI=1S/C25H28N2O2/c1-25(2,3)29-24(28)15-12-21-7-4-20(5-8-21)6-9-22-10-13-23(14-11-22)27-18-16-26-17-19-27/h4-5,7-8,10-15,26H,16-19H2,1-3H3/b15-12+. The highest BCUT2D eigenvalue weighted by atomic mass is 16.6. The van der Waals surface area contributed by atoms with E-state index in [9.17, 15) is 4.79 Å². The van der Waals surface area contributed by atoms with Crippen molar-refractivity contribution >= 4 is 17.7 Å². The van der Waals surface area contributed by atoms with Gasteiger partial charge in [-0.1, -0.05) is 24.0 Å². The minimum Gasteiger partial charge on any atom is -0.457 e. The minimum absolute atomic E-state index is 0.342. The fraction of sp³-hybridized carbons (Fsp3) is 0.320. The average molecular weight is 389 g/mol. The molecule has 4 heteroatoms. The van der Waals surface area contributed by atoms with E-state index in [-0.39, 0.29) is 5.97 Å². The van der Waals surface area contributed by atoms with Crippen LogP contribution in [0.3, 0.4) is 0 Å². The Morgan fingerprint density at radius 2 is 1.52 bits per heavy atom. The normalized spacial score (nSPS) is 14.4. The molecule has 0 spiro atoms. The maximum Gasteiger partial charge on any atom is 0.331 e. The quantitative estimate of drug-likeness (QED) is 0.493. The van der Waals surface area contributed by atoms with Crippen LogP contribution in [0.2, 0.25) is 0 Å². The zero-order valence-electron chi connectivity index (χ0n) is 17.4. The molecule has 2 aromatic rings. The Hall–Kier alpha value is -3.03. The van der Waals surface area contributed by atoms with Gasteiger partial charge in [0.2, 0.25) is 0 Å². The van der Waals surface area contributed by atoms with Gasteiger partial charge in [-0.15, -0.1) is 0 Å². The SMILES string of the molecule is CC(C)(C)OC(=O)/C=C/c1ccc(C#Cc2ccc(N3CCNCC3)cc2)cc1. The maximum absolute atomic E-state index is 11.7. The fourth-order valence-corrected chi connectivity index (χ4v) is 3.00. The van der Waals surface area contributed by atoms with Crippen LogP contribution < -0.4 is 10.2 Å². The highest BCUT2D eigenvalue weighted by molar-refractivity contribution is 5.87. The van der Waals surface area contributed by atoms with Gasteiger partial charge in [0.15, 0.2) is 0 Å². The van der Waals surface area contributed by atoms with Gasteiger partial charge in [-0.2, -0.15) is 0 Å². The Kier molecular flexibility index (Phi) is 6.74. The lowest BCUT2D eigenvalue weighted by molar-refractivity contribution is -0.148. The number of carbonyl (C=O) groups excluding carboxylic acids is 1. The highest BCUT2D eigenvalue weighted by Crippen LogP contribution is 2.15. The second-order valence-electron chi connectivity index (χ2n) is 8.02. The molecule has 3 rings (SSSR count). The third-order valence-corrected chi connectivity index (χ3v) is 4.43. The number of nitrogens with zero attached hydrogens (tertiary/aromatic N) is 1. The van der Waals surface area contributed by atoms with Crippen LogP contribution in [0.25, 0.3) is 6.08 Å². The lowest BCUT2D eigenvalue weighted by Gasteiger charge is -2.29. The zero-order chi connectivity index (χ0) is 20.7. The molecule has 1 fully saturated rings. The van der Waals surface area contributed by atoms with Crippen LogP contribution >= 0.6 is 0 Å². The number of ether oxygens (including phenoxy) is 1. The smallest absolute Gasteiger partial charge is 0.331 e. The number of rotatable bonds is 3. The third-order valence-electron chi connectivity index (χ3n) is 4.43. The Bertz CT molecular complexity index is 905. The van der Waals surface area contributed by atoms with Gasteiger partial charge < -0.3 is 15.0 Å². The summed E-state index contributed by atoms with van der Waals surface area (Å²) in [6.45, 7) is 9.70. The number of nitrogens with one attached hydrogen (secondary N) is 1. The van der Waals surface area contributed by atoms with Crippen LogP contribution in [0.4, 0.5) is 5.69 Å². The molecule has 0 atom stereocenters. The Morgan fingerprint density at radius 1 is 0.966 bits per heavy atom. The van der Waals surface area contributed by atoms with Gasteiger partial charge >= 0.3 is 5.97 Å². The number of piperazine rings is 1. The molecule has 0 saturated carbocycles. The average Bonchev–Trinajstić information content (AvgIpc) is 2.71. The molecule has 1 N–H and O–H groups in total. The molecule has 0 amide bonds. The molecule has 0 aliphatic carbocycles. The van der Waals surface area contributed by atoms with E-state index in [1.165, 1.54) is 11.8 Å². The van der Waals surface area contributed by atoms with E-state index >= 15 is 0 Å². The third kappa shape index (κ3) is 6.81. The molecule has 1 heterocycles. The van der Waals surface area contributed by atoms with Gasteiger partial charge in [-0.3, -0.25) is 0 Å². The van der Waals surface area contributed by atoms with E-state index in [4.69, 9.17) is 4.74 Å². The first-order chi connectivity index (χ1) is 13.9. The predicted molar refractivity (Wildman–Crippen MR) is 119 cm³/mol. The number of hydrogen-bond donors (Lipinski definition) is 1. The van der Waals surface area contributed by atoms with E-state index < -0.39 is 5.60 Å². The first kappa shape index (κ1) is 20.7. The molecule has 1 aliphatic rings. The Balaban J connectivity index is 1.59. The van der Waals surface area contributed by atoms with Gasteiger partial charge in [0, 0.05) is 49.1 Å². The van der Waals surface area contributed by atoms with Crippen molar-refractivity contribution in [2.24, 2.45) is 0 Å². The lowest BCUT2D eigenvalue weighted by atomic mass is 10.1. The molecular formula is C25H28N2O2. The van der Waals surface area contributed by atoms with Crippen LogP contribution in [0.5, 0.6) is 0 Å². The van der Waals surface area contributed by atoms with Crippen LogP contribution in [0.1, 0.15) is 37.5 Å². The topological polar surface area (TPSA) is 41.6 Å². The number of anilines is 1. The summed E-state index contributed by atoms with van der Waals surface area (Å²) < 4.78 is 5.26. The first-order valence-corrected chi connectivity index (χ1v) is 9.98. The Morgan fingerprint density at radius 3 is 2.07 bits per heavy atom. The van der Waals surface area contributed by atoms with Gasteiger partial charge in [-0.25, -0.2) is 4.79 Å². The summed E-state index contributed by atoms with van der Waals surface area (Å²) in [5.74, 6) is 6.07. The van der Waals surface area contributed by atoms with Crippen LogP contribution in [-0.2, 0) is 9.53 Å². The summed E-state index contributed by atoms with van der Waals surface area (Å²) in [6.07, 6.45) is 3.20. The van der Waals surface area contributed by atoms with Gasteiger partial charge in [0.25, 0.3) is 0 Å². The monoisotopic (exact) mass is 388 g/mol.